The van der Waals surface area contributed by atoms with E-state index in [1.165, 1.54) is 24.8 Å². The lowest BCUT2D eigenvalue weighted by Crippen LogP contribution is -2.51. The molecule has 1 heteroatoms. The summed E-state index contributed by atoms with van der Waals surface area (Å²) in [5.74, 6) is 1.82. The fourth-order valence-corrected chi connectivity index (χ4v) is 4.10. The molecule has 1 aromatic carbocycles. The van der Waals surface area contributed by atoms with E-state index < -0.39 is 0 Å². The normalized spacial score (nSPS) is 36.2. The van der Waals surface area contributed by atoms with Crippen LogP contribution in [-0.4, -0.2) is 5.78 Å². The van der Waals surface area contributed by atoms with Gasteiger partial charge in [-0.2, -0.15) is 0 Å². The number of ketones is 1. The SMILES string of the molecule is CC1CCC1C1(c2ccccc2)CCCCC1=O. The van der Waals surface area contributed by atoms with Gasteiger partial charge in [0.2, 0.25) is 0 Å². The highest BCUT2D eigenvalue weighted by Gasteiger charge is 2.51. The van der Waals surface area contributed by atoms with Gasteiger partial charge in [-0.3, -0.25) is 4.79 Å². The number of carbonyl (C=O) groups excluding carboxylic acids is 1. The first-order valence-corrected chi connectivity index (χ1v) is 7.34. The molecule has 2 saturated carbocycles. The highest BCUT2D eigenvalue weighted by Crippen LogP contribution is 2.53. The first-order chi connectivity index (χ1) is 8.75. The maximum atomic E-state index is 12.7. The molecule has 0 N–H and O–H groups in total. The van der Waals surface area contributed by atoms with Gasteiger partial charge in [-0.05, 0) is 36.7 Å². The second kappa shape index (κ2) is 4.53. The first-order valence-electron chi connectivity index (χ1n) is 7.34. The molecule has 2 aliphatic rings. The van der Waals surface area contributed by atoms with Crippen LogP contribution in [0.1, 0.15) is 51.0 Å². The molecule has 0 amide bonds. The molecule has 96 valence electrons. The highest BCUT2D eigenvalue weighted by molar-refractivity contribution is 5.91. The van der Waals surface area contributed by atoms with Crippen molar-refractivity contribution < 1.29 is 4.79 Å². The Morgan fingerprint density at radius 1 is 1.11 bits per heavy atom. The molecule has 0 spiro atoms. The lowest BCUT2D eigenvalue weighted by molar-refractivity contribution is -0.132. The third-order valence-corrected chi connectivity index (χ3v) is 5.26. The van der Waals surface area contributed by atoms with E-state index in [9.17, 15) is 4.79 Å². The molecule has 18 heavy (non-hydrogen) atoms. The van der Waals surface area contributed by atoms with Gasteiger partial charge in [-0.15, -0.1) is 0 Å². The van der Waals surface area contributed by atoms with Crippen LogP contribution < -0.4 is 0 Å². The third-order valence-electron chi connectivity index (χ3n) is 5.26. The summed E-state index contributed by atoms with van der Waals surface area (Å²) in [5.41, 5.74) is 1.14. The molecular weight excluding hydrogens is 220 g/mol. The predicted molar refractivity (Wildman–Crippen MR) is 73.5 cm³/mol. The van der Waals surface area contributed by atoms with Crippen LogP contribution >= 0.6 is 0 Å². The van der Waals surface area contributed by atoms with Gasteiger partial charge < -0.3 is 0 Å². The van der Waals surface area contributed by atoms with Crippen LogP contribution in [0.2, 0.25) is 0 Å². The largest absolute Gasteiger partial charge is 0.299 e. The van der Waals surface area contributed by atoms with E-state index in [-0.39, 0.29) is 5.41 Å². The van der Waals surface area contributed by atoms with Crippen LogP contribution in [0.4, 0.5) is 0 Å². The van der Waals surface area contributed by atoms with E-state index in [0.29, 0.717) is 17.6 Å². The number of benzene rings is 1. The lowest BCUT2D eigenvalue weighted by atomic mass is 9.52. The van der Waals surface area contributed by atoms with Crippen LogP contribution in [0.3, 0.4) is 0 Å². The zero-order valence-corrected chi connectivity index (χ0v) is 11.2. The van der Waals surface area contributed by atoms with Crippen molar-refractivity contribution in [2.75, 3.05) is 0 Å². The van der Waals surface area contributed by atoms with Gasteiger partial charge in [0.25, 0.3) is 0 Å². The van der Waals surface area contributed by atoms with Gasteiger partial charge in [0, 0.05) is 6.42 Å². The maximum Gasteiger partial charge on any atom is 0.143 e. The Labute approximate surface area is 110 Å². The minimum Gasteiger partial charge on any atom is -0.299 e. The summed E-state index contributed by atoms with van der Waals surface area (Å²) >= 11 is 0. The fourth-order valence-electron chi connectivity index (χ4n) is 4.10. The number of rotatable bonds is 2. The maximum absolute atomic E-state index is 12.7. The molecule has 1 nitrogen and oxygen atoms in total. The Hall–Kier alpha value is -1.11. The predicted octanol–water partition coefficient (Wildman–Crippen LogP) is 4.11. The quantitative estimate of drug-likeness (QED) is 0.762. The number of hydrogen-bond acceptors (Lipinski definition) is 1. The van der Waals surface area contributed by atoms with Gasteiger partial charge in [-0.1, -0.05) is 50.1 Å². The Balaban J connectivity index is 2.05. The van der Waals surface area contributed by atoms with Crippen molar-refractivity contribution >= 4 is 5.78 Å². The van der Waals surface area contributed by atoms with Crippen LogP contribution in [0.5, 0.6) is 0 Å². The summed E-state index contributed by atoms with van der Waals surface area (Å²) in [6.07, 6.45) is 6.70. The number of Topliss-reactive ketones (excluding diaryl/α,β-unsaturated/α-hetero) is 1. The molecule has 0 heterocycles. The zero-order valence-electron chi connectivity index (χ0n) is 11.2. The van der Waals surface area contributed by atoms with Crippen molar-refractivity contribution in [2.24, 2.45) is 11.8 Å². The van der Waals surface area contributed by atoms with E-state index in [1.807, 2.05) is 0 Å². The monoisotopic (exact) mass is 242 g/mol. The molecule has 2 aliphatic carbocycles. The average Bonchev–Trinajstić information content (AvgIpc) is 2.40. The lowest BCUT2D eigenvalue weighted by Gasteiger charge is -2.50. The number of carbonyl (C=O) groups is 1. The van der Waals surface area contributed by atoms with Crippen molar-refractivity contribution in [3.8, 4) is 0 Å². The molecule has 0 radical (unpaired) electrons. The van der Waals surface area contributed by atoms with Gasteiger partial charge in [-0.25, -0.2) is 0 Å². The van der Waals surface area contributed by atoms with Gasteiger partial charge in [0.1, 0.15) is 5.78 Å². The molecule has 3 rings (SSSR count). The van der Waals surface area contributed by atoms with E-state index in [1.54, 1.807) is 0 Å². The van der Waals surface area contributed by atoms with Crippen molar-refractivity contribution in [3.05, 3.63) is 35.9 Å². The Kier molecular flexibility index (Phi) is 3.01. The minimum atomic E-state index is -0.142. The second-order valence-electron chi connectivity index (χ2n) is 6.13. The standard InChI is InChI=1S/C17H22O/c1-13-10-11-15(13)17(12-6-5-9-16(17)18)14-7-3-2-4-8-14/h2-4,7-8,13,15H,5-6,9-12H2,1H3. The summed E-state index contributed by atoms with van der Waals surface area (Å²) in [7, 11) is 0. The molecule has 3 atom stereocenters. The summed E-state index contributed by atoms with van der Waals surface area (Å²) in [6, 6.07) is 10.6. The topological polar surface area (TPSA) is 17.1 Å². The van der Waals surface area contributed by atoms with Gasteiger partial charge in [0.15, 0.2) is 0 Å². The molecule has 3 unspecified atom stereocenters. The number of hydrogen-bond donors (Lipinski definition) is 0. The van der Waals surface area contributed by atoms with E-state index >= 15 is 0 Å². The summed E-state index contributed by atoms with van der Waals surface area (Å²) < 4.78 is 0. The minimum absolute atomic E-state index is 0.142. The van der Waals surface area contributed by atoms with Crippen molar-refractivity contribution in [1.29, 1.82) is 0 Å². The van der Waals surface area contributed by atoms with Crippen molar-refractivity contribution in [1.82, 2.24) is 0 Å². The average molecular weight is 242 g/mol. The third kappa shape index (κ3) is 1.64. The molecule has 0 aliphatic heterocycles. The van der Waals surface area contributed by atoms with Crippen LogP contribution in [-0.2, 0) is 10.2 Å². The smallest absolute Gasteiger partial charge is 0.143 e. The Bertz CT molecular complexity index is 436. The van der Waals surface area contributed by atoms with Crippen LogP contribution in [0, 0.1) is 11.8 Å². The van der Waals surface area contributed by atoms with Gasteiger partial charge in [0.05, 0.1) is 5.41 Å². The molecule has 1 aromatic rings. The van der Waals surface area contributed by atoms with E-state index in [4.69, 9.17) is 0 Å². The van der Waals surface area contributed by atoms with Crippen LogP contribution in [0.25, 0.3) is 0 Å². The highest BCUT2D eigenvalue weighted by atomic mass is 16.1. The van der Waals surface area contributed by atoms with E-state index in [0.717, 1.165) is 19.3 Å². The fraction of sp³-hybridized carbons (Fsp3) is 0.588. The van der Waals surface area contributed by atoms with Crippen molar-refractivity contribution in [2.45, 2.75) is 50.9 Å². The molecule has 0 bridgehead atoms. The summed E-state index contributed by atoms with van der Waals surface area (Å²) in [4.78, 5) is 12.7. The Morgan fingerprint density at radius 2 is 1.89 bits per heavy atom. The molecule has 0 aromatic heterocycles. The Morgan fingerprint density at radius 3 is 2.44 bits per heavy atom. The van der Waals surface area contributed by atoms with E-state index in [2.05, 4.69) is 37.3 Å². The molecular formula is C17H22O. The second-order valence-corrected chi connectivity index (χ2v) is 6.13. The summed E-state index contributed by atoms with van der Waals surface area (Å²) in [5, 5.41) is 0. The van der Waals surface area contributed by atoms with Crippen molar-refractivity contribution in [3.63, 3.8) is 0 Å². The van der Waals surface area contributed by atoms with Gasteiger partial charge >= 0.3 is 0 Å². The van der Waals surface area contributed by atoms with Crippen LogP contribution in [0.15, 0.2) is 30.3 Å². The molecule has 2 fully saturated rings. The first kappa shape index (κ1) is 12.0. The molecule has 0 saturated heterocycles. The summed E-state index contributed by atoms with van der Waals surface area (Å²) in [6.45, 7) is 2.32. The zero-order chi connectivity index (χ0) is 12.6.